The number of hydrogen-bond acceptors (Lipinski definition) is 8. The number of amides is 1. The normalized spacial score (nSPS) is 11.4. The molecule has 4 aromatic rings. The lowest BCUT2D eigenvalue weighted by molar-refractivity contribution is 0.0940. The molecule has 1 amide bonds. The number of nitrogens with one attached hydrogen (secondary N) is 3. The highest BCUT2D eigenvalue weighted by atomic mass is 19.1. The zero-order valence-electron chi connectivity index (χ0n) is 19.7. The van der Waals surface area contributed by atoms with Crippen molar-refractivity contribution in [3.8, 4) is 11.8 Å². The number of nitrogens with zero attached hydrogens (tertiary/aromatic N) is 4. The van der Waals surface area contributed by atoms with Crippen molar-refractivity contribution in [3.63, 3.8) is 0 Å². The van der Waals surface area contributed by atoms with Gasteiger partial charge >= 0.3 is 0 Å². The van der Waals surface area contributed by atoms with Crippen LogP contribution >= 0.6 is 0 Å². The monoisotopic (exact) mass is 485 g/mol. The second-order valence-corrected chi connectivity index (χ2v) is 7.92. The predicted molar refractivity (Wildman–Crippen MR) is 134 cm³/mol. The van der Waals surface area contributed by atoms with Gasteiger partial charge in [0.25, 0.3) is 5.91 Å². The average molecular weight is 486 g/mol. The van der Waals surface area contributed by atoms with Crippen LogP contribution in [0.2, 0.25) is 0 Å². The number of carbonyl (C=O) groups excluding carboxylic acids is 1. The predicted octanol–water partition coefficient (Wildman–Crippen LogP) is 4.06. The van der Waals surface area contributed by atoms with Crippen molar-refractivity contribution in [3.05, 3.63) is 83.4 Å². The van der Waals surface area contributed by atoms with E-state index >= 15 is 0 Å². The van der Waals surface area contributed by atoms with Gasteiger partial charge in [-0.15, -0.1) is 0 Å². The molecule has 0 bridgehead atoms. The van der Waals surface area contributed by atoms with E-state index in [0.717, 1.165) is 16.5 Å². The molecule has 0 spiro atoms. The zero-order valence-corrected chi connectivity index (χ0v) is 19.7. The highest BCUT2D eigenvalue weighted by Crippen LogP contribution is 2.21. The van der Waals surface area contributed by atoms with Crippen LogP contribution in [-0.2, 0) is 0 Å². The third kappa shape index (κ3) is 5.82. The Labute approximate surface area is 207 Å². The molecule has 1 atom stereocenters. The number of carbonyl (C=O) groups is 1. The van der Waals surface area contributed by atoms with Gasteiger partial charge < -0.3 is 20.7 Å². The molecule has 4 rings (SSSR count). The largest absolute Gasteiger partial charge is 0.492 e. The molecule has 0 saturated heterocycles. The summed E-state index contributed by atoms with van der Waals surface area (Å²) < 4.78 is 19.0. The van der Waals surface area contributed by atoms with Crippen LogP contribution in [0, 0.1) is 17.1 Å². The molecule has 0 aliphatic rings. The maximum Gasteiger partial charge on any atom is 0.255 e. The maximum absolute atomic E-state index is 13.2. The molecular formula is C26H24FN7O2. The summed E-state index contributed by atoms with van der Waals surface area (Å²) in [5.41, 5.74) is 2.04. The van der Waals surface area contributed by atoms with Crippen molar-refractivity contribution in [2.75, 3.05) is 30.8 Å². The highest BCUT2D eigenvalue weighted by molar-refractivity contribution is 5.99. The summed E-state index contributed by atoms with van der Waals surface area (Å²) in [6.45, 7) is 2.46. The van der Waals surface area contributed by atoms with Crippen LogP contribution < -0.4 is 20.7 Å². The van der Waals surface area contributed by atoms with Crippen molar-refractivity contribution in [2.24, 2.45) is 0 Å². The second kappa shape index (κ2) is 11.1. The number of anilines is 2. The minimum atomic E-state index is -0.407. The number of rotatable bonds is 9. The number of fused-ring (bicyclic) bond motifs is 1. The van der Waals surface area contributed by atoms with Gasteiger partial charge in [0.1, 0.15) is 30.1 Å². The lowest BCUT2D eigenvalue weighted by atomic mass is 10.1. The molecule has 0 radical (unpaired) electrons. The summed E-state index contributed by atoms with van der Waals surface area (Å²) in [5, 5.41) is 19.0. The summed E-state index contributed by atoms with van der Waals surface area (Å²) in [5.74, 6) is 0.770. The average Bonchev–Trinajstić information content (AvgIpc) is 2.91. The molecule has 36 heavy (non-hydrogen) atoms. The SMILES string of the molecule is CNc1ncc2cc(OCCNc3ncc(C#N)cc3C(=O)N[C@@H](C)c3ccc(F)cc3)ccc2n1. The first-order valence-corrected chi connectivity index (χ1v) is 11.2. The van der Waals surface area contributed by atoms with E-state index in [1.165, 1.54) is 24.4 Å². The molecule has 10 heteroatoms. The Bertz CT molecular complexity index is 1420. The van der Waals surface area contributed by atoms with Crippen LogP contribution in [0.3, 0.4) is 0 Å². The first-order valence-electron chi connectivity index (χ1n) is 11.2. The van der Waals surface area contributed by atoms with Crippen molar-refractivity contribution in [1.29, 1.82) is 5.26 Å². The van der Waals surface area contributed by atoms with Crippen LogP contribution in [-0.4, -0.2) is 41.1 Å². The van der Waals surface area contributed by atoms with Gasteiger partial charge in [-0.05, 0) is 48.9 Å². The molecule has 182 valence electrons. The van der Waals surface area contributed by atoms with Gasteiger partial charge in [0, 0.05) is 24.8 Å². The van der Waals surface area contributed by atoms with E-state index in [1.807, 2.05) is 24.3 Å². The van der Waals surface area contributed by atoms with Crippen molar-refractivity contribution < 1.29 is 13.9 Å². The van der Waals surface area contributed by atoms with Gasteiger partial charge in [0.15, 0.2) is 0 Å². The number of pyridine rings is 1. The molecule has 2 aromatic heterocycles. The van der Waals surface area contributed by atoms with E-state index in [9.17, 15) is 14.4 Å². The fourth-order valence-corrected chi connectivity index (χ4v) is 3.51. The van der Waals surface area contributed by atoms with Crippen molar-refractivity contribution in [1.82, 2.24) is 20.3 Å². The minimum Gasteiger partial charge on any atom is -0.492 e. The van der Waals surface area contributed by atoms with Gasteiger partial charge in [0.2, 0.25) is 5.95 Å². The molecular weight excluding hydrogens is 461 g/mol. The van der Waals surface area contributed by atoms with E-state index in [4.69, 9.17) is 4.74 Å². The van der Waals surface area contributed by atoms with E-state index in [-0.39, 0.29) is 23.0 Å². The van der Waals surface area contributed by atoms with E-state index in [0.29, 0.717) is 30.7 Å². The van der Waals surface area contributed by atoms with Crippen LogP contribution in [0.25, 0.3) is 10.9 Å². The third-order valence-electron chi connectivity index (χ3n) is 5.42. The molecule has 0 aliphatic heterocycles. The molecule has 0 fully saturated rings. The lowest BCUT2D eigenvalue weighted by Crippen LogP contribution is -2.28. The Kier molecular flexibility index (Phi) is 7.51. The number of hydrogen-bond donors (Lipinski definition) is 3. The van der Waals surface area contributed by atoms with E-state index < -0.39 is 5.91 Å². The Balaban J connectivity index is 1.39. The van der Waals surface area contributed by atoms with Crippen molar-refractivity contribution >= 4 is 28.6 Å². The Morgan fingerprint density at radius 2 is 1.94 bits per heavy atom. The third-order valence-corrected chi connectivity index (χ3v) is 5.42. The number of ether oxygens (including phenoxy) is 1. The second-order valence-electron chi connectivity index (χ2n) is 7.92. The van der Waals surface area contributed by atoms with Gasteiger partial charge in [-0.1, -0.05) is 12.1 Å². The number of nitriles is 1. The smallest absolute Gasteiger partial charge is 0.255 e. The molecule has 0 saturated carbocycles. The molecule has 9 nitrogen and oxygen atoms in total. The summed E-state index contributed by atoms with van der Waals surface area (Å²) in [4.78, 5) is 25.8. The first kappa shape index (κ1) is 24.3. The van der Waals surface area contributed by atoms with E-state index in [1.54, 1.807) is 32.3 Å². The standard InChI is InChI=1S/C26H24FN7O2/c1-16(18-3-5-20(27)6-4-18)33-25(35)22-11-17(13-28)14-31-24(22)30-9-10-36-21-7-8-23-19(12-21)15-32-26(29-2)34-23/h3-8,11-12,14-16H,9-10H2,1-2H3,(H,30,31)(H,33,35)(H,29,32,34)/t16-/m0/s1. The van der Waals surface area contributed by atoms with Crippen LogP contribution in [0.15, 0.2) is 60.9 Å². The lowest BCUT2D eigenvalue weighted by Gasteiger charge is -2.16. The molecule has 2 heterocycles. The molecule has 2 aromatic carbocycles. The topological polar surface area (TPSA) is 125 Å². The fraction of sp³-hybridized carbons (Fsp3) is 0.192. The molecule has 0 unspecified atom stereocenters. The Morgan fingerprint density at radius 1 is 1.14 bits per heavy atom. The number of halogens is 1. The fourth-order valence-electron chi connectivity index (χ4n) is 3.51. The summed E-state index contributed by atoms with van der Waals surface area (Å²) in [6, 6.07) is 14.5. The zero-order chi connectivity index (χ0) is 25.5. The number of benzene rings is 2. The summed E-state index contributed by atoms with van der Waals surface area (Å²) in [6.07, 6.45) is 3.11. The van der Waals surface area contributed by atoms with E-state index in [2.05, 4.69) is 30.9 Å². The minimum absolute atomic E-state index is 0.228. The van der Waals surface area contributed by atoms with Crippen molar-refractivity contribution in [2.45, 2.75) is 13.0 Å². The molecule has 3 N–H and O–H groups in total. The Morgan fingerprint density at radius 3 is 2.69 bits per heavy atom. The summed E-state index contributed by atoms with van der Waals surface area (Å²) >= 11 is 0. The van der Waals surface area contributed by atoms with Gasteiger partial charge in [-0.2, -0.15) is 5.26 Å². The van der Waals surface area contributed by atoms with Crippen LogP contribution in [0.4, 0.5) is 16.2 Å². The molecule has 0 aliphatic carbocycles. The number of aromatic nitrogens is 3. The summed E-state index contributed by atoms with van der Waals surface area (Å²) in [7, 11) is 1.76. The van der Waals surface area contributed by atoms with Gasteiger partial charge in [0.05, 0.1) is 29.2 Å². The first-order chi connectivity index (χ1) is 17.5. The Hall–Kier alpha value is -4.78. The quantitative estimate of drug-likeness (QED) is 0.303. The van der Waals surface area contributed by atoms with Gasteiger partial charge in [-0.3, -0.25) is 4.79 Å². The van der Waals surface area contributed by atoms with Gasteiger partial charge in [-0.25, -0.2) is 19.3 Å². The highest BCUT2D eigenvalue weighted by Gasteiger charge is 2.17. The van der Waals surface area contributed by atoms with Crippen LogP contribution in [0.5, 0.6) is 5.75 Å². The van der Waals surface area contributed by atoms with Crippen LogP contribution in [0.1, 0.15) is 34.5 Å². The maximum atomic E-state index is 13.2.